The molecule has 160 valence electrons. The number of rotatable bonds is 4. The molecular weight excluding hydrogens is 444 g/mol. The standard InChI is InChI=1S/C19H17Cl2F3N4O2/c1-28-9-14(21)17(27-28)12-8-11(4-6-16(12)30-2)25-18(29)26-15-5-3-10(20)7-13(15)19(22,23)24/h3-9,17,27H,1-2H3,(H2,25,26,29). The maximum atomic E-state index is 13.2. The predicted octanol–water partition coefficient (Wildman–Crippen LogP) is 5.58. The van der Waals surface area contributed by atoms with Crippen molar-refractivity contribution < 1.29 is 22.7 Å². The number of anilines is 2. The summed E-state index contributed by atoms with van der Waals surface area (Å²) in [6, 6.07) is 6.66. The molecule has 3 rings (SSSR count). The second-order valence-electron chi connectivity index (χ2n) is 6.41. The Labute approximate surface area is 180 Å². The van der Waals surface area contributed by atoms with E-state index in [2.05, 4.69) is 16.1 Å². The van der Waals surface area contributed by atoms with Crippen molar-refractivity contribution >= 4 is 40.6 Å². The van der Waals surface area contributed by atoms with E-state index in [1.807, 2.05) is 0 Å². The highest BCUT2D eigenvalue weighted by molar-refractivity contribution is 6.31. The second kappa shape index (κ2) is 8.63. The number of urea groups is 1. The fourth-order valence-corrected chi connectivity index (χ4v) is 3.45. The largest absolute Gasteiger partial charge is 0.496 e. The van der Waals surface area contributed by atoms with Gasteiger partial charge in [-0.05, 0) is 36.4 Å². The zero-order valence-electron chi connectivity index (χ0n) is 15.8. The number of halogens is 5. The molecule has 0 fully saturated rings. The molecule has 1 aliphatic rings. The van der Waals surface area contributed by atoms with Crippen LogP contribution >= 0.6 is 23.2 Å². The fourth-order valence-electron chi connectivity index (χ4n) is 2.96. The van der Waals surface area contributed by atoms with Gasteiger partial charge in [0.15, 0.2) is 0 Å². The fraction of sp³-hybridized carbons (Fsp3) is 0.211. The number of hydrazine groups is 1. The molecule has 0 spiro atoms. The lowest BCUT2D eigenvalue weighted by atomic mass is 10.1. The van der Waals surface area contributed by atoms with Crippen molar-refractivity contribution in [3.8, 4) is 5.75 Å². The van der Waals surface area contributed by atoms with Crippen molar-refractivity contribution in [1.82, 2.24) is 10.4 Å². The Kier molecular flexibility index (Phi) is 6.35. The molecule has 1 heterocycles. The molecule has 2 aromatic carbocycles. The van der Waals surface area contributed by atoms with Crippen LogP contribution in [0.2, 0.25) is 5.02 Å². The molecule has 0 aliphatic carbocycles. The minimum Gasteiger partial charge on any atom is -0.496 e. The Morgan fingerprint density at radius 1 is 1.17 bits per heavy atom. The van der Waals surface area contributed by atoms with E-state index in [4.69, 9.17) is 27.9 Å². The maximum absolute atomic E-state index is 13.2. The van der Waals surface area contributed by atoms with Crippen molar-refractivity contribution in [2.45, 2.75) is 12.2 Å². The van der Waals surface area contributed by atoms with E-state index >= 15 is 0 Å². The first kappa shape index (κ1) is 22.1. The Bertz CT molecular complexity index is 998. The molecule has 11 heteroatoms. The zero-order chi connectivity index (χ0) is 22.1. The molecule has 6 nitrogen and oxygen atoms in total. The molecule has 0 saturated heterocycles. The van der Waals surface area contributed by atoms with Gasteiger partial charge in [-0.2, -0.15) is 13.2 Å². The topological polar surface area (TPSA) is 65.6 Å². The van der Waals surface area contributed by atoms with E-state index in [0.717, 1.165) is 12.1 Å². The third-order valence-corrected chi connectivity index (χ3v) is 4.81. The van der Waals surface area contributed by atoms with Crippen LogP contribution in [0.25, 0.3) is 0 Å². The van der Waals surface area contributed by atoms with Crippen LogP contribution in [0.15, 0.2) is 47.6 Å². The van der Waals surface area contributed by atoms with Gasteiger partial charge in [0.05, 0.1) is 29.4 Å². The number of hydrogen-bond donors (Lipinski definition) is 3. The van der Waals surface area contributed by atoms with E-state index in [1.165, 1.54) is 13.2 Å². The van der Waals surface area contributed by atoms with Crippen molar-refractivity contribution in [2.75, 3.05) is 24.8 Å². The van der Waals surface area contributed by atoms with Gasteiger partial charge in [-0.1, -0.05) is 23.2 Å². The number of nitrogens with zero attached hydrogens (tertiary/aromatic N) is 1. The number of carbonyl (C=O) groups excluding carboxylic acids is 1. The SMILES string of the molecule is COc1ccc(NC(=O)Nc2ccc(Cl)cc2C(F)(F)F)cc1C1NN(C)C=C1Cl. The van der Waals surface area contributed by atoms with Crippen LogP contribution in [0.4, 0.5) is 29.3 Å². The first-order valence-electron chi connectivity index (χ1n) is 8.57. The molecule has 2 amide bonds. The summed E-state index contributed by atoms with van der Waals surface area (Å²) in [5, 5.41) is 6.82. The van der Waals surface area contributed by atoms with Crippen LogP contribution in [-0.4, -0.2) is 25.2 Å². The molecule has 0 radical (unpaired) electrons. The Morgan fingerprint density at radius 2 is 1.90 bits per heavy atom. The number of nitrogens with one attached hydrogen (secondary N) is 3. The van der Waals surface area contributed by atoms with E-state index in [1.54, 1.807) is 36.5 Å². The third-order valence-electron chi connectivity index (χ3n) is 4.26. The van der Waals surface area contributed by atoms with Crippen LogP contribution in [0.5, 0.6) is 5.75 Å². The Hall–Kier alpha value is -2.62. The molecule has 2 aromatic rings. The third kappa shape index (κ3) is 4.92. The van der Waals surface area contributed by atoms with Gasteiger partial charge in [-0.3, -0.25) is 0 Å². The smallest absolute Gasteiger partial charge is 0.418 e. The first-order chi connectivity index (χ1) is 14.1. The highest BCUT2D eigenvalue weighted by Gasteiger charge is 2.34. The van der Waals surface area contributed by atoms with Gasteiger partial charge in [0, 0.05) is 29.5 Å². The molecule has 0 aromatic heterocycles. The van der Waals surface area contributed by atoms with Gasteiger partial charge < -0.3 is 20.4 Å². The summed E-state index contributed by atoms with van der Waals surface area (Å²) in [4.78, 5) is 12.3. The maximum Gasteiger partial charge on any atom is 0.418 e. The van der Waals surface area contributed by atoms with Crippen LogP contribution in [-0.2, 0) is 6.18 Å². The molecule has 1 atom stereocenters. The lowest BCUT2D eigenvalue weighted by molar-refractivity contribution is -0.136. The average molecular weight is 461 g/mol. The molecule has 1 aliphatic heterocycles. The summed E-state index contributed by atoms with van der Waals surface area (Å²) in [6.07, 6.45) is -2.98. The highest BCUT2D eigenvalue weighted by Crippen LogP contribution is 2.38. The summed E-state index contributed by atoms with van der Waals surface area (Å²) in [5.41, 5.74) is 2.63. The Morgan fingerprint density at radius 3 is 2.50 bits per heavy atom. The molecule has 0 saturated carbocycles. The van der Waals surface area contributed by atoms with E-state index in [-0.39, 0.29) is 5.02 Å². The van der Waals surface area contributed by atoms with Crippen LogP contribution in [0.3, 0.4) is 0 Å². The van der Waals surface area contributed by atoms with Crippen molar-refractivity contribution in [3.05, 3.63) is 63.8 Å². The molecule has 30 heavy (non-hydrogen) atoms. The number of alkyl halides is 3. The van der Waals surface area contributed by atoms with E-state index < -0.39 is 29.5 Å². The number of hydrogen-bond acceptors (Lipinski definition) is 4. The number of carbonyl (C=O) groups is 1. The highest BCUT2D eigenvalue weighted by atomic mass is 35.5. The van der Waals surface area contributed by atoms with Gasteiger partial charge in [-0.25, -0.2) is 10.2 Å². The van der Waals surface area contributed by atoms with Crippen LogP contribution < -0.4 is 20.8 Å². The first-order valence-corrected chi connectivity index (χ1v) is 9.33. The van der Waals surface area contributed by atoms with Gasteiger partial charge in [0.2, 0.25) is 0 Å². The van der Waals surface area contributed by atoms with Crippen molar-refractivity contribution in [3.63, 3.8) is 0 Å². The Balaban J connectivity index is 1.82. The van der Waals surface area contributed by atoms with Crippen LogP contribution in [0.1, 0.15) is 17.2 Å². The average Bonchev–Trinajstić information content (AvgIpc) is 3.00. The van der Waals surface area contributed by atoms with Crippen molar-refractivity contribution in [2.24, 2.45) is 0 Å². The molecule has 0 bridgehead atoms. The number of benzene rings is 2. The molecular formula is C19H17Cl2F3N4O2. The van der Waals surface area contributed by atoms with Gasteiger partial charge >= 0.3 is 12.2 Å². The van der Waals surface area contributed by atoms with Gasteiger partial charge in [-0.15, -0.1) is 0 Å². The second-order valence-corrected chi connectivity index (χ2v) is 7.28. The summed E-state index contributed by atoms with van der Waals surface area (Å²) in [7, 11) is 3.27. The van der Waals surface area contributed by atoms with Gasteiger partial charge in [0.25, 0.3) is 0 Å². The van der Waals surface area contributed by atoms with E-state index in [9.17, 15) is 18.0 Å². The monoisotopic (exact) mass is 460 g/mol. The summed E-state index contributed by atoms with van der Waals surface area (Å²) in [6.45, 7) is 0. The minimum absolute atomic E-state index is 0.0907. The molecule has 3 N–H and O–H groups in total. The lowest BCUT2D eigenvalue weighted by Gasteiger charge is -2.20. The zero-order valence-corrected chi connectivity index (χ0v) is 17.3. The minimum atomic E-state index is -4.68. The number of amides is 2. The van der Waals surface area contributed by atoms with Gasteiger partial charge in [0.1, 0.15) is 5.75 Å². The normalized spacial score (nSPS) is 16.3. The van der Waals surface area contributed by atoms with Crippen LogP contribution in [0, 0.1) is 0 Å². The summed E-state index contributed by atoms with van der Waals surface area (Å²) >= 11 is 11.9. The van der Waals surface area contributed by atoms with Crippen molar-refractivity contribution in [1.29, 1.82) is 0 Å². The number of methoxy groups -OCH3 is 1. The summed E-state index contributed by atoms with van der Waals surface area (Å²) in [5.74, 6) is 0.525. The predicted molar refractivity (Wildman–Crippen MR) is 110 cm³/mol. The summed E-state index contributed by atoms with van der Waals surface area (Å²) < 4.78 is 45.0. The quantitative estimate of drug-likeness (QED) is 0.556. The molecule has 1 unspecified atom stereocenters. The van der Waals surface area contributed by atoms with E-state index in [0.29, 0.717) is 22.0 Å². The lowest BCUT2D eigenvalue weighted by Crippen LogP contribution is -2.28. The number of ether oxygens (including phenoxy) is 1.